The Morgan fingerprint density at radius 3 is 1.94 bits per heavy atom. The summed E-state index contributed by atoms with van der Waals surface area (Å²) in [5.41, 5.74) is 14.6. The summed E-state index contributed by atoms with van der Waals surface area (Å²) in [6.45, 7) is 0.0740. The third kappa shape index (κ3) is 4.52. The molecule has 1 aromatic heterocycles. The van der Waals surface area contributed by atoms with Crippen LogP contribution in [0.15, 0.2) is 168 Å². The third-order valence-electron chi connectivity index (χ3n) is 10.4. The molecule has 0 N–H and O–H groups in total. The molecule has 0 radical (unpaired) electrons. The van der Waals surface area contributed by atoms with Gasteiger partial charge in [0.25, 0.3) is 6.71 Å². The van der Waals surface area contributed by atoms with E-state index in [1.54, 1.807) is 0 Å². The van der Waals surface area contributed by atoms with Crippen molar-refractivity contribution in [2.24, 2.45) is 0 Å². The van der Waals surface area contributed by atoms with Crippen LogP contribution in [0.25, 0.3) is 43.8 Å². The van der Waals surface area contributed by atoms with Crippen molar-refractivity contribution in [1.29, 1.82) is 0 Å². The molecule has 2 aliphatic heterocycles. The largest absolute Gasteiger partial charge is 2.00 e. The van der Waals surface area contributed by atoms with Crippen LogP contribution in [-0.2, 0) is 0 Å². The Hall–Kier alpha value is -5.46. The number of anilines is 6. The van der Waals surface area contributed by atoms with Gasteiger partial charge in [0.15, 0.2) is 0 Å². The SMILES string of the molecule is [U+2].[c-]1ccc(N2c3ccccc3B3c4ccccc4N(c4cccc5oc6ccccc6c45)c4cccc2c43)cc1-c1[c-]cc2ccccc2c1. The molecule has 51 heavy (non-hydrogen) atoms. The maximum atomic E-state index is 6.39. The topological polar surface area (TPSA) is 19.6 Å². The van der Waals surface area contributed by atoms with E-state index < -0.39 is 0 Å². The van der Waals surface area contributed by atoms with Crippen LogP contribution in [0.1, 0.15) is 0 Å². The third-order valence-corrected chi connectivity index (χ3v) is 10.4. The van der Waals surface area contributed by atoms with Crippen molar-refractivity contribution in [3.8, 4) is 11.1 Å². The molecule has 0 aliphatic carbocycles. The number of hydrogen-bond donors (Lipinski definition) is 0. The van der Waals surface area contributed by atoms with Gasteiger partial charge in [-0.25, -0.2) is 11.1 Å². The van der Waals surface area contributed by atoms with E-state index in [-0.39, 0.29) is 37.8 Å². The molecular formula is C46H27BN2OU. The number of hydrogen-bond acceptors (Lipinski definition) is 3. The first-order valence-electron chi connectivity index (χ1n) is 17.1. The number of rotatable bonds is 3. The second-order valence-electron chi connectivity index (χ2n) is 13.1. The molecule has 11 rings (SSSR count). The molecule has 234 valence electrons. The van der Waals surface area contributed by atoms with E-state index in [4.69, 9.17) is 4.42 Å². The van der Waals surface area contributed by atoms with E-state index in [9.17, 15) is 0 Å². The van der Waals surface area contributed by atoms with Gasteiger partial charge in [-0.2, -0.15) is 30.3 Å². The number of fused-ring (bicyclic) bond motifs is 8. The first kappa shape index (κ1) is 30.4. The Morgan fingerprint density at radius 1 is 0.490 bits per heavy atom. The van der Waals surface area contributed by atoms with E-state index in [1.165, 1.54) is 49.9 Å². The fraction of sp³-hybridized carbons (Fsp3) is 0. The zero-order valence-electron chi connectivity index (χ0n) is 27.5. The molecule has 3 heterocycles. The molecular weight excluding hydrogens is 845 g/mol. The molecule has 0 saturated carbocycles. The monoisotopic (exact) mass is 872 g/mol. The van der Waals surface area contributed by atoms with Crippen LogP contribution in [0.3, 0.4) is 0 Å². The Morgan fingerprint density at radius 2 is 1.10 bits per heavy atom. The molecule has 5 heteroatoms. The molecule has 0 saturated heterocycles. The van der Waals surface area contributed by atoms with E-state index in [2.05, 4.69) is 174 Å². The zero-order chi connectivity index (χ0) is 32.8. The van der Waals surface area contributed by atoms with Crippen LogP contribution < -0.4 is 26.2 Å². The molecule has 0 spiro atoms. The van der Waals surface area contributed by atoms with Gasteiger partial charge in [-0.15, -0.1) is 22.9 Å². The van der Waals surface area contributed by atoms with Crippen LogP contribution in [0.2, 0.25) is 0 Å². The van der Waals surface area contributed by atoms with Crippen LogP contribution in [0.5, 0.6) is 0 Å². The minimum absolute atomic E-state index is 0. The van der Waals surface area contributed by atoms with Gasteiger partial charge >= 0.3 is 31.1 Å². The van der Waals surface area contributed by atoms with Gasteiger partial charge in [-0.1, -0.05) is 91.0 Å². The van der Waals surface area contributed by atoms with Crippen LogP contribution >= 0.6 is 0 Å². The van der Waals surface area contributed by atoms with Gasteiger partial charge in [0.2, 0.25) is 0 Å². The van der Waals surface area contributed by atoms with Crippen molar-refractivity contribution in [2.45, 2.75) is 0 Å². The average Bonchev–Trinajstić information content (AvgIpc) is 3.57. The molecule has 3 nitrogen and oxygen atoms in total. The van der Waals surface area contributed by atoms with Crippen molar-refractivity contribution in [3.05, 3.63) is 176 Å². The van der Waals surface area contributed by atoms with Crippen LogP contribution in [-0.4, -0.2) is 6.71 Å². The Balaban J connectivity index is 0.00000327. The smallest absolute Gasteiger partial charge is 0.456 e. The molecule has 2 aliphatic rings. The second-order valence-corrected chi connectivity index (χ2v) is 13.1. The van der Waals surface area contributed by atoms with Crippen LogP contribution in [0.4, 0.5) is 34.1 Å². The first-order chi connectivity index (χ1) is 24.8. The molecule has 0 atom stereocenters. The molecule has 0 fully saturated rings. The van der Waals surface area contributed by atoms with E-state index in [1.807, 2.05) is 12.1 Å². The summed E-state index contributed by atoms with van der Waals surface area (Å²) < 4.78 is 6.39. The summed E-state index contributed by atoms with van der Waals surface area (Å²) in [5.74, 6) is 0. The summed E-state index contributed by atoms with van der Waals surface area (Å²) in [5, 5.41) is 4.62. The van der Waals surface area contributed by atoms with Gasteiger partial charge in [0, 0.05) is 28.1 Å². The number of furan rings is 1. The number of benzene rings is 8. The number of nitrogens with zero attached hydrogens (tertiary/aromatic N) is 2. The maximum Gasteiger partial charge on any atom is 2.00 e. The molecule has 0 amide bonds. The fourth-order valence-corrected chi connectivity index (χ4v) is 8.35. The van der Waals surface area contributed by atoms with E-state index in [0.29, 0.717) is 0 Å². The predicted octanol–water partition coefficient (Wildman–Crippen LogP) is 10.1. The van der Waals surface area contributed by atoms with Crippen LogP contribution in [0, 0.1) is 43.2 Å². The van der Waals surface area contributed by atoms with E-state index >= 15 is 0 Å². The van der Waals surface area contributed by atoms with Crippen molar-refractivity contribution in [3.63, 3.8) is 0 Å². The predicted molar refractivity (Wildman–Crippen MR) is 208 cm³/mol. The molecule has 9 aromatic rings. The van der Waals surface area contributed by atoms with Gasteiger partial charge in [-0.3, -0.25) is 0 Å². The summed E-state index contributed by atoms with van der Waals surface area (Å²) in [6.07, 6.45) is 0. The van der Waals surface area contributed by atoms with Gasteiger partial charge < -0.3 is 14.2 Å². The Bertz CT molecular complexity index is 2820. The normalized spacial score (nSPS) is 12.8. The molecule has 0 unspecified atom stereocenters. The standard InChI is InChI=1S/C46H27BN2O.U/c1-2-13-31-28-33(27-26-30(31)12-1)32-14-9-15-34(29-32)48-38-19-6-4-17-36(38)47-37-18-5-7-20-39(37)49(42-23-10-22-41(48)46(42)47)40-21-11-25-44-45(40)35-16-3-8-24-43(35)50-44;/h1-13,15-26,28-29H;/q-2;+2. The summed E-state index contributed by atoms with van der Waals surface area (Å²) in [4.78, 5) is 4.89. The quantitative estimate of drug-likeness (QED) is 0.130. The minimum atomic E-state index is 0. The van der Waals surface area contributed by atoms with Gasteiger partial charge in [0.05, 0.1) is 11.1 Å². The van der Waals surface area contributed by atoms with Crippen molar-refractivity contribution < 1.29 is 35.5 Å². The number of para-hydroxylation sites is 3. The molecule has 0 bridgehead atoms. The summed E-state index contributed by atoms with van der Waals surface area (Å²) in [7, 11) is 0. The van der Waals surface area contributed by atoms with Crippen molar-refractivity contribution in [2.75, 3.05) is 9.80 Å². The molecule has 8 aromatic carbocycles. The minimum Gasteiger partial charge on any atom is -0.456 e. The van der Waals surface area contributed by atoms with E-state index in [0.717, 1.165) is 44.4 Å². The Labute approximate surface area is 320 Å². The van der Waals surface area contributed by atoms with Gasteiger partial charge in [0.1, 0.15) is 11.2 Å². The average molecular weight is 873 g/mol. The summed E-state index contributed by atoms with van der Waals surface area (Å²) >= 11 is 0. The zero-order valence-corrected chi connectivity index (χ0v) is 31.6. The van der Waals surface area contributed by atoms with Crippen molar-refractivity contribution in [1.82, 2.24) is 0 Å². The van der Waals surface area contributed by atoms with Crippen molar-refractivity contribution >= 4 is 89.9 Å². The Kier molecular flexibility index (Phi) is 7.03. The second kappa shape index (κ2) is 11.8. The first-order valence-corrected chi connectivity index (χ1v) is 17.1. The van der Waals surface area contributed by atoms with Gasteiger partial charge in [-0.05, 0) is 64.5 Å². The fourth-order valence-electron chi connectivity index (χ4n) is 8.35. The summed E-state index contributed by atoms with van der Waals surface area (Å²) in [6, 6.07) is 65.6. The maximum absolute atomic E-state index is 6.39.